The number of nitrogens with zero attached hydrogens (tertiary/aromatic N) is 3. The first kappa shape index (κ1) is 23.4. The molecule has 0 bridgehead atoms. The van der Waals surface area contributed by atoms with Crippen molar-refractivity contribution in [3.8, 4) is 11.3 Å². The lowest BCUT2D eigenvalue weighted by Crippen LogP contribution is -2.36. The van der Waals surface area contributed by atoms with E-state index < -0.39 is 5.60 Å². The van der Waals surface area contributed by atoms with Crippen molar-refractivity contribution in [1.82, 2.24) is 19.6 Å². The van der Waals surface area contributed by atoms with Crippen molar-refractivity contribution in [1.29, 1.82) is 0 Å². The Bertz CT molecular complexity index is 1400. The van der Waals surface area contributed by atoms with Gasteiger partial charge in [-0.25, -0.2) is 9.78 Å². The van der Waals surface area contributed by atoms with E-state index in [1.165, 1.54) is 5.56 Å². The van der Waals surface area contributed by atoms with E-state index in [1.54, 1.807) is 16.2 Å². The topological polar surface area (TPSA) is 75.9 Å². The minimum absolute atomic E-state index is 0.103. The molecule has 1 aliphatic rings. The van der Waals surface area contributed by atoms with Crippen LogP contribution in [0.2, 0.25) is 0 Å². The summed E-state index contributed by atoms with van der Waals surface area (Å²) in [7, 11) is 0. The number of fused-ring (bicyclic) bond motifs is 3. The third kappa shape index (κ3) is 5.03. The maximum atomic E-state index is 12.8. The second-order valence-corrected chi connectivity index (χ2v) is 11.2. The molecule has 2 aromatic heterocycles. The second-order valence-electron chi connectivity index (χ2n) is 10.2. The Morgan fingerprint density at radius 1 is 1.17 bits per heavy atom. The van der Waals surface area contributed by atoms with Crippen molar-refractivity contribution in [2.45, 2.75) is 39.7 Å². The first-order valence-corrected chi connectivity index (χ1v) is 12.7. The van der Waals surface area contributed by atoms with Gasteiger partial charge in [-0.05, 0) is 58.2 Å². The molecule has 35 heavy (non-hydrogen) atoms. The van der Waals surface area contributed by atoms with E-state index in [0.717, 1.165) is 32.9 Å². The number of imidazole rings is 1. The number of hydrogen-bond acceptors (Lipinski definition) is 5. The van der Waals surface area contributed by atoms with Crippen LogP contribution in [0.15, 0.2) is 48.7 Å². The van der Waals surface area contributed by atoms with E-state index in [4.69, 9.17) is 9.72 Å². The molecule has 1 N–H and O–H groups in total. The Labute approximate surface area is 208 Å². The molecule has 5 rings (SSSR count). The van der Waals surface area contributed by atoms with Crippen LogP contribution in [0, 0.1) is 12.8 Å². The van der Waals surface area contributed by atoms with Gasteiger partial charge in [0.2, 0.25) is 0 Å². The molecule has 2 aromatic carbocycles. The molecule has 8 heteroatoms. The second kappa shape index (κ2) is 9.00. The van der Waals surface area contributed by atoms with Gasteiger partial charge in [-0.1, -0.05) is 41.2 Å². The van der Waals surface area contributed by atoms with E-state index in [-0.39, 0.29) is 17.9 Å². The van der Waals surface area contributed by atoms with Gasteiger partial charge in [0.15, 0.2) is 4.96 Å². The zero-order valence-electron chi connectivity index (χ0n) is 20.5. The highest BCUT2D eigenvalue weighted by Crippen LogP contribution is 2.30. The minimum atomic E-state index is -0.506. The number of nitrogens with one attached hydrogen (secondary N) is 1. The van der Waals surface area contributed by atoms with Gasteiger partial charge in [0.25, 0.3) is 5.91 Å². The molecule has 1 atom stereocenters. The zero-order chi connectivity index (χ0) is 24.7. The molecule has 1 saturated heterocycles. The Hall–Kier alpha value is -3.39. The summed E-state index contributed by atoms with van der Waals surface area (Å²) in [6, 6.07) is 14.1. The number of ether oxygens (including phenoxy) is 1. The summed E-state index contributed by atoms with van der Waals surface area (Å²) >= 11 is 1.58. The molecular formula is C27H30N4O3S. The number of hydrogen-bond donors (Lipinski definition) is 1. The number of carbonyl (C=O) groups is 2. The average molecular weight is 491 g/mol. The molecule has 0 unspecified atom stereocenters. The van der Waals surface area contributed by atoms with Gasteiger partial charge in [-0.15, -0.1) is 0 Å². The van der Waals surface area contributed by atoms with Crippen molar-refractivity contribution in [2.24, 2.45) is 5.92 Å². The Morgan fingerprint density at radius 2 is 1.94 bits per heavy atom. The number of rotatable bonds is 4. The standard InChI is InChI=1S/C27H30N4O3S/c1-17-5-7-19(8-6-17)21-16-31-22-10-9-20(13-23(22)35-25(31)29-21)24(32)28-14-18-11-12-30(15-18)26(33)34-27(2,3)4/h5-10,13,16,18H,11-12,14-15H2,1-4H3,(H,28,32)/t18-/m1/s1. The van der Waals surface area contributed by atoms with Crippen LogP contribution in [-0.2, 0) is 4.74 Å². The molecule has 0 spiro atoms. The van der Waals surface area contributed by atoms with Gasteiger partial charge in [0, 0.05) is 37.0 Å². The van der Waals surface area contributed by atoms with E-state index in [2.05, 4.69) is 47.1 Å². The van der Waals surface area contributed by atoms with Crippen LogP contribution in [0.25, 0.3) is 26.4 Å². The van der Waals surface area contributed by atoms with E-state index in [9.17, 15) is 9.59 Å². The molecule has 4 aromatic rings. The van der Waals surface area contributed by atoms with Gasteiger partial charge in [-0.3, -0.25) is 9.20 Å². The van der Waals surface area contributed by atoms with Crippen molar-refractivity contribution < 1.29 is 14.3 Å². The lowest BCUT2D eigenvalue weighted by Gasteiger charge is -2.24. The maximum absolute atomic E-state index is 12.8. The van der Waals surface area contributed by atoms with Gasteiger partial charge in [0.1, 0.15) is 5.60 Å². The third-order valence-electron chi connectivity index (χ3n) is 6.19. The van der Waals surface area contributed by atoms with Crippen molar-refractivity contribution in [3.05, 3.63) is 59.8 Å². The molecule has 2 amide bonds. The quantitative estimate of drug-likeness (QED) is 0.409. The first-order valence-electron chi connectivity index (χ1n) is 11.9. The van der Waals surface area contributed by atoms with E-state index >= 15 is 0 Å². The highest BCUT2D eigenvalue weighted by Gasteiger charge is 2.30. The molecule has 7 nitrogen and oxygen atoms in total. The van der Waals surface area contributed by atoms with E-state index in [1.807, 2.05) is 39.0 Å². The maximum Gasteiger partial charge on any atom is 0.410 e. The smallest absolute Gasteiger partial charge is 0.410 e. The van der Waals surface area contributed by atoms with Crippen LogP contribution in [0.4, 0.5) is 4.79 Å². The molecular weight excluding hydrogens is 460 g/mol. The van der Waals surface area contributed by atoms with Crippen molar-refractivity contribution in [3.63, 3.8) is 0 Å². The summed E-state index contributed by atoms with van der Waals surface area (Å²) in [6.45, 7) is 9.45. The molecule has 0 saturated carbocycles. The zero-order valence-corrected chi connectivity index (χ0v) is 21.3. The fraction of sp³-hybridized carbons (Fsp3) is 0.370. The predicted octanol–water partition coefficient (Wildman–Crippen LogP) is 5.51. The molecule has 1 aliphatic heterocycles. The van der Waals surface area contributed by atoms with Crippen LogP contribution in [0.5, 0.6) is 0 Å². The molecule has 1 fully saturated rings. The lowest BCUT2D eigenvalue weighted by molar-refractivity contribution is 0.0288. The largest absolute Gasteiger partial charge is 0.444 e. The summed E-state index contributed by atoms with van der Waals surface area (Å²) in [6.07, 6.45) is 2.61. The number of carbonyl (C=O) groups excluding carboxylic acids is 2. The molecule has 182 valence electrons. The van der Waals surface area contributed by atoms with Crippen LogP contribution < -0.4 is 5.32 Å². The fourth-order valence-electron chi connectivity index (χ4n) is 4.34. The van der Waals surface area contributed by atoms with Gasteiger partial charge in [0.05, 0.1) is 15.9 Å². The van der Waals surface area contributed by atoms with Crippen molar-refractivity contribution >= 4 is 38.5 Å². The molecule has 0 radical (unpaired) electrons. The van der Waals surface area contributed by atoms with Crippen LogP contribution in [0.1, 0.15) is 43.1 Å². The van der Waals surface area contributed by atoms with Crippen molar-refractivity contribution in [2.75, 3.05) is 19.6 Å². The number of aryl methyl sites for hydroxylation is 1. The fourth-order valence-corrected chi connectivity index (χ4v) is 5.38. The Balaban J connectivity index is 1.23. The third-order valence-corrected chi connectivity index (χ3v) is 7.21. The molecule has 0 aliphatic carbocycles. The van der Waals surface area contributed by atoms with Crippen LogP contribution >= 0.6 is 11.3 Å². The lowest BCUT2D eigenvalue weighted by atomic mass is 10.1. The first-order chi connectivity index (χ1) is 16.7. The predicted molar refractivity (Wildman–Crippen MR) is 139 cm³/mol. The monoisotopic (exact) mass is 490 g/mol. The number of benzene rings is 2. The number of likely N-dealkylation sites (tertiary alicyclic amines) is 1. The molecule has 3 heterocycles. The van der Waals surface area contributed by atoms with Crippen LogP contribution in [0.3, 0.4) is 0 Å². The Kier molecular flexibility index (Phi) is 6.01. The summed E-state index contributed by atoms with van der Waals surface area (Å²) in [5, 5.41) is 3.04. The SMILES string of the molecule is Cc1ccc(-c2cn3c(n2)sc2cc(C(=O)NC[C@H]4CCN(C(=O)OC(C)(C)C)C4)ccc23)cc1. The number of aromatic nitrogens is 2. The van der Waals surface area contributed by atoms with Gasteiger partial charge in [-0.2, -0.15) is 0 Å². The highest BCUT2D eigenvalue weighted by atomic mass is 32.1. The highest BCUT2D eigenvalue weighted by molar-refractivity contribution is 7.23. The van der Waals surface area contributed by atoms with Gasteiger partial charge >= 0.3 is 6.09 Å². The number of amides is 2. The summed E-state index contributed by atoms with van der Waals surface area (Å²) in [5.41, 5.74) is 4.41. The minimum Gasteiger partial charge on any atom is -0.444 e. The van der Waals surface area contributed by atoms with Gasteiger partial charge < -0.3 is 15.0 Å². The Morgan fingerprint density at radius 3 is 2.69 bits per heavy atom. The summed E-state index contributed by atoms with van der Waals surface area (Å²) < 4.78 is 8.56. The average Bonchev–Trinajstić information content (AvgIpc) is 3.51. The normalized spacial score (nSPS) is 16.2. The van der Waals surface area contributed by atoms with E-state index in [0.29, 0.717) is 25.2 Å². The van der Waals surface area contributed by atoms with Crippen LogP contribution in [-0.4, -0.2) is 51.5 Å². The summed E-state index contributed by atoms with van der Waals surface area (Å²) in [5.74, 6) is 0.120. The number of thiazole rings is 1. The summed E-state index contributed by atoms with van der Waals surface area (Å²) in [4.78, 5) is 32.5.